The van der Waals surface area contributed by atoms with Crippen molar-refractivity contribution >= 4 is 28.3 Å². The molecule has 6 heteroatoms. The van der Waals surface area contributed by atoms with Gasteiger partial charge in [0.2, 0.25) is 5.91 Å². The second-order valence-electron chi connectivity index (χ2n) is 7.34. The van der Waals surface area contributed by atoms with Gasteiger partial charge in [-0.1, -0.05) is 42.5 Å². The third-order valence-corrected chi connectivity index (χ3v) is 5.13. The predicted octanol–water partition coefficient (Wildman–Crippen LogP) is 4.85. The topological polar surface area (TPSA) is 58.2 Å². The molecule has 2 N–H and O–H groups in total. The van der Waals surface area contributed by atoms with Crippen molar-refractivity contribution in [1.29, 1.82) is 0 Å². The Labute approximate surface area is 166 Å². The first-order valence-electron chi connectivity index (χ1n) is 9.41. The van der Waals surface area contributed by atoms with Gasteiger partial charge in [-0.15, -0.1) is 0 Å². The molecule has 0 heterocycles. The van der Waals surface area contributed by atoms with E-state index in [9.17, 15) is 18.4 Å². The van der Waals surface area contributed by atoms with E-state index in [1.165, 1.54) is 6.92 Å². The van der Waals surface area contributed by atoms with Gasteiger partial charge < -0.3 is 10.6 Å². The minimum Gasteiger partial charge on any atom is -0.352 e. The molecule has 1 unspecified atom stereocenters. The molecule has 0 bridgehead atoms. The molecule has 29 heavy (non-hydrogen) atoms. The Balaban J connectivity index is 1.67. The number of benzene rings is 3. The van der Waals surface area contributed by atoms with Crippen molar-refractivity contribution in [1.82, 2.24) is 5.32 Å². The summed E-state index contributed by atoms with van der Waals surface area (Å²) in [5, 5.41) is 7.02. The largest absolute Gasteiger partial charge is 0.352 e. The van der Waals surface area contributed by atoms with Crippen molar-refractivity contribution in [3.05, 3.63) is 66.2 Å². The number of fused-ring (bicyclic) bond motifs is 1. The SMILES string of the molecule is CC(=O)Nc1cccc(-c2cccc3c(C(=O)NCC4CC4(F)F)cccc23)c1. The molecule has 0 spiro atoms. The van der Waals surface area contributed by atoms with Gasteiger partial charge in [-0.05, 0) is 40.1 Å². The minimum atomic E-state index is -2.65. The van der Waals surface area contributed by atoms with E-state index in [0.717, 1.165) is 21.9 Å². The first kappa shape index (κ1) is 19.1. The molecule has 0 aromatic heterocycles. The Hall–Kier alpha value is -3.28. The second kappa shape index (κ2) is 7.28. The summed E-state index contributed by atoms with van der Waals surface area (Å²) in [5.74, 6) is -3.94. The third kappa shape index (κ3) is 3.97. The maximum atomic E-state index is 13.1. The van der Waals surface area contributed by atoms with Gasteiger partial charge in [0.25, 0.3) is 11.8 Å². The lowest BCUT2D eigenvalue weighted by atomic mass is 9.95. The Morgan fingerprint density at radius 2 is 1.72 bits per heavy atom. The zero-order chi connectivity index (χ0) is 20.6. The van der Waals surface area contributed by atoms with Crippen molar-refractivity contribution in [2.45, 2.75) is 19.3 Å². The van der Waals surface area contributed by atoms with Gasteiger partial charge in [0.1, 0.15) is 0 Å². The number of anilines is 1. The van der Waals surface area contributed by atoms with E-state index in [2.05, 4.69) is 10.6 Å². The number of rotatable bonds is 5. The Morgan fingerprint density at radius 1 is 1.03 bits per heavy atom. The molecule has 4 rings (SSSR count). The first-order valence-corrected chi connectivity index (χ1v) is 9.41. The van der Waals surface area contributed by atoms with Crippen LogP contribution in [0.2, 0.25) is 0 Å². The number of amides is 2. The summed E-state index contributed by atoms with van der Waals surface area (Å²) >= 11 is 0. The lowest BCUT2D eigenvalue weighted by Gasteiger charge is -2.12. The zero-order valence-electron chi connectivity index (χ0n) is 15.8. The van der Waals surface area contributed by atoms with E-state index < -0.39 is 11.8 Å². The first-order chi connectivity index (χ1) is 13.8. The van der Waals surface area contributed by atoms with Crippen molar-refractivity contribution in [3.8, 4) is 11.1 Å². The molecule has 148 valence electrons. The number of nitrogens with one attached hydrogen (secondary N) is 2. The zero-order valence-corrected chi connectivity index (χ0v) is 15.8. The molecule has 1 fully saturated rings. The van der Waals surface area contributed by atoms with E-state index in [1.54, 1.807) is 12.1 Å². The number of alkyl halides is 2. The molecule has 3 aromatic rings. The third-order valence-electron chi connectivity index (χ3n) is 5.13. The number of carbonyl (C=O) groups excluding carboxylic acids is 2. The number of carbonyl (C=O) groups is 2. The van der Waals surface area contributed by atoms with Crippen LogP contribution in [0.1, 0.15) is 23.7 Å². The van der Waals surface area contributed by atoms with E-state index in [1.807, 2.05) is 48.5 Å². The van der Waals surface area contributed by atoms with Crippen LogP contribution in [0.25, 0.3) is 21.9 Å². The monoisotopic (exact) mass is 394 g/mol. The summed E-state index contributed by atoms with van der Waals surface area (Å²) < 4.78 is 26.2. The van der Waals surface area contributed by atoms with Gasteiger partial charge in [-0.3, -0.25) is 9.59 Å². The predicted molar refractivity (Wildman–Crippen MR) is 109 cm³/mol. The van der Waals surface area contributed by atoms with Crippen LogP contribution in [0.3, 0.4) is 0 Å². The molecule has 1 atom stereocenters. The maximum Gasteiger partial charge on any atom is 0.253 e. The van der Waals surface area contributed by atoms with Crippen LogP contribution >= 0.6 is 0 Å². The molecule has 1 saturated carbocycles. The van der Waals surface area contributed by atoms with E-state index >= 15 is 0 Å². The number of hydrogen-bond acceptors (Lipinski definition) is 2. The summed E-state index contributed by atoms with van der Waals surface area (Å²) in [6.45, 7) is 1.42. The van der Waals surface area contributed by atoms with Gasteiger partial charge in [0, 0.05) is 37.1 Å². The highest BCUT2D eigenvalue weighted by Crippen LogP contribution is 2.48. The van der Waals surface area contributed by atoms with E-state index in [4.69, 9.17) is 0 Å². The quantitative estimate of drug-likeness (QED) is 0.650. The Kier molecular flexibility index (Phi) is 4.78. The average Bonchev–Trinajstić information content (AvgIpc) is 3.31. The fraction of sp³-hybridized carbons (Fsp3) is 0.217. The van der Waals surface area contributed by atoms with Crippen molar-refractivity contribution in [2.24, 2.45) is 5.92 Å². The Morgan fingerprint density at radius 3 is 2.45 bits per heavy atom. The van der Waals surface area contributed by atoms with Crippen LogP contribution < -0.4 is 10.6 Å². The lowest BCUT2D eigenvalue weighted by Crippen LogP contribution is -2.27. The van der Waals surface area contributed by atoms with Crippen LogP contribution in [-0.4, -0.2) is 24.3 Å². The minimum absolute atomic E-state index is 0.0271. The van der Waals surface area contributed by atoms with Crippen LogP contribution in [0, 0.1) is 5.92 Å². The molecule has 2 amide bonds. The van der Waals surface area contributed by atoms with Gasteiger partial charge in [0.05, 0.1) is 0 Å². The fourth-order valence-corrected chi connectivity index (χ4v) is 3.53. The van der Waals surface area contributed by atoms with E-state index in [0.29, 0.717) is 11.3 Å². The second-order valence-corrected chi connectivity index (χ2v) is 7.34. The highest BCUT2D eigenvalue weighted by atomic mass is 19.3. The number of halogens is 2. The molecule has 1 aliphatic rings. The van der Waals surface area contributed by atoms with Gasteiger partial charge >= 0.3 is 0 Å². The molecule has 4 nitrogen and oxygen atoms in total. The molecular weight excluding hydrogens is 374 g/mol. The standard InChI is InChI=1S/C23H20F2N2O2/c1-14(28)27-17-6-2-5-15(11-17)18-7-3-9-20-19(18)8-4-10-21(20)22(29)26-13-16-12-23(16,24)25/h2-11,16H,12-13H2,1H3,(H,26,29)(H,27,28). The Bertz CT molecular complexity index is 1110. The summed E-state index contributed by atoms with van der Waals surface area (Å²) in [7, 11) is 0. The summed E-state index contributed by atoms with van der Waals surface area (Å²) in [6, 6.07) is 18.5. The van der Waals surface area contributed by atoms with E-state index in [-0.39, 0.29) is 24.8 Å². The average molecular weight is 394 g/mol. The summed E-state index contributed by atoms with van der Waals surface area (Å²) in [5.41, 5.74) is 2.95. The highest BCUT2D eigenvalue weighted by molar-refractivity contribution is 6.10. The molecule has 0 radical (unpaired) electrons. The van der Waals surface area contributed by atoms with Crippen molar-refractivity contribution < 1.29 is 18.4 Å². The molecular formula is C23H20F2N2O2. The van der Waals surface area contributed by atoms with Gasteiger partial charge in [0.15, 0.2) is 0 Å². The normalized spacial score (nSPS) is 17.0. The smallest absolute Gasteiger partial charge is 0.253 e. The highest BCUT2D eigenvalue weighted by Gasteiger charge is 2.56. The molecule has 3 aromatic carbocycles. The number of hydrogen-bond donors (Lipinski definition) is 2. The van der Waals surface area contributed by atoms with Crippen molar-refractivity contribution in [2.75, 3.05) is 11.9 Å². The summed E-state index contributed by atoms with van der Waals surface area (Å²) in [4.78, 5) is 24.0. The molecule has 0 saturated heterocycles. The maximum absolute atomic E-state index is 13.1. The van der Waals surface area contributed by atoms with Crippen LogP contribution in [0.15, 0.2) is 60.7 Å². The van der Waals surface area contributed by atoms with Crippen LogP contribution in [-0.2, 0) is 4.79 Å². The van der Waals surface area contributed by atoms with Gasteiger partial charge in [-0.2, -0.15) is 0 Å². The van der Waals surface area contributed by atoms with Gasteiger partial charge in [-0.25, -0.2) is 8.78 Å². The fourth-order valence-electron chi connectivity index (χ4n) is 3.53. The molecule has 0 aliphatic heterocycles. The lowest BCUT2D eigenvalue weighted by molar-refractivity contribution is -0.114. The summed E-state index contributed by atoms with van der Waals surface area (Å²) in [6.07, 6.45) is -0.169. The van der Waals surface area contributed by atoms with Crippen LogP contribution in [0.4, 0.5) is 14.5 Å². The molecule has 1 aliphatic carbocycles. The van der Waals surface area contributed by atoms with Crippen molar-refractivity contribution in [3.63, 3.8) is 0 Å². The van der Waals surface area contributed by atoms with Crippen LogP contribution in [0.5, 0.6) is 0 Å².